The Balaban J connectivity index is 3.99. The molecule has 0 radical (unpaired) electrons. The summed E-state index contributed by atoms with van der Waals surface area (Å²) >= 11 is 1.89. The van der Waals surface area contributed by atoms with Gasteiger partial charge in [-0.15, -0.1) is 6.58 Å². The molecule has 0 saturated carbocycles. The topological polar surface area (TPSA) is 0 Å². The van der Waals surface area contributed by atoms with Gasteiger partial charge in [-0.05, 0) is 59.6 Å². The molecule has 0 aromatic heterocycles. The van der Waals surface area contributed by atoms with E-state index in [-0.39, 0.29) is 4.75 Å². The van der Waals surface area contributed by atoms with Crippen molar-refractivity contribution in [2.75, 3.05) is 6.26 Å². The van der Waals surface area contributed by atoms with Crippen molar-refractivity contribution in [3.8, 4) is 0 Å². The predicted octanol–water partition coefficient (Wildman–Crippen LogP) is 5.77. The second-order valence-corrected chi connectivity index (χ2v) is 6.47. The van der Waals surface area contributed by atoms with Crippen molar-refractivity contribution in [3.63, 3.8) is 0 Å². The number of hydrogen-bond donors (Lipinski definition) is 0. The lowest BCUT2D eigenvalue weighted by atomic mass is 10.0. The molecule has 0 fully saturated rings. The molecule has 0 aliphatic heterocycles. The lowest BCUT2D eigenvalue weighted by Gasteiger charge is -2.22. The number of thioether (sulfide) groups is 1. The molecule has 0 N–H and O–H groups in total. The van der Waals surface area contributed by atoms with Crippen LogP contribution in [0.3, 0.4) is 0 Å². The van der Waals surface area contributed by atoms with Crippen LogP contribution in [0.1, 0.15) is 53.4 Å². The number of allylic oxidation sites excluding steroid dienone is 4. The molecule has 0 aliphatic carbocycles. The molecule has 0 heterocycles. The van der Waals surface area contributed by atoms with Crippen LogP contribution >= 0.6 is 11.8 Å². The summed E-state index contributed by atoms with van der Waals surface area (Å²) in [5.41, 5.74) is 2.93. The highest BCUT2D eigenvalue weighted by atomic mass is 32.2. The maximum absolute atomic E-state index is 3.92. The Labute approximate surface area is 112 Å². The molecular formula is C16H28S. The minimum atomic E-state index is 0.233. The van der Waals surface area contributed by atoms with Gasteiger partial charge in [0, 0.05) is 4.75 Å². The third kappa shape index (κ3) is 8.31. The van der Waals surface area contributed by atoms with Crippen LogP contribution < -0.4 is 0 Å². The predicted molar refractivity (Wildman–Crippen MR) is 83.8 cm³/mol. The van der Waals surface area contributed by atoms with Crippen LogP contribution in [0.4, 0.5) is 0 Å². The van der Waals surface area contributed by atoms with Gasteiger partial charge in [0.05, 0.1) is 0 Å². The second-order valence-electron chi connectivity index (χ2n) is 5.13. The van der Waals surface area contributed by atoms with Gasteiger partial charge in [0.1, 0.15) is 0 Å². The average molecular weight is 252 g/mol. The molecule has 0 amide bonds. The Morgan fingerprint density at radius 3 is 2.29 bits per heavy atom. The van der Waals surface area contributed by atoms with Gasteiger partial charge in [0.15, 0.2) is 0 Å². The van der Waals surface area contributed by atoms with E-state index in [0.29, 0.717) is 0 Å². The summed E-state index contributed by atoms with van der Waals surface area (Å²) in [6, 6.07) is 0. The van der Waals surface area contributed by atoms with Crippen LogP contribution in [0, 0.1) is 0 Å². The standard InChI is InChI=1S/C16H28S/c1-7-16(5,17-6)13-9-12-15(4)11-8-10-14(2)3/h7,10,12H,1,8-9,11,13H2,2-6H3/b15-12+. The first-order valence-electron chi connectivity index (χ1n) is 6.41. The SMILES string of the molecule is C=CC(C)(CC/C=C(\C)CCC=C(C)C)SC. The molecular weight excluding hydrogens is 224 g/mol. The Kier molecular flexibility index (Phi) is 8.41. The van der Waals surface area contributed by atoms with Gasteiger partial charge < -0.3 is 0 Å². The van der Waals surface area contributed by atoms with E-state index in [0.717, 1.165) is 6.42 Å². The van der Waals surface area contributed by atoms with Gasteiger partial charge in [-0.1, -0.05) is 29.4 Å². The van der Waals surface area contributed by atoms with Crippen molar-refractivity contribution in [2.45, 2.75) is 58.1 Å². The summed E-state index contributed by atoms with van der Waals surface area (Å²) in [6.45, 7) is 12.7. The lowest BCUT2D eigenvalue weighted by molar-refractivity contribution is 0.708. The Morgan fingerprint density at radius 2 is 1.82 bits per heavy atom. The molecule has 1 atom stereocenters. The fraction of sp³-hybridized carbons (Fsp3) is 0.625. The maximum Gasteiger partial charge on any atom is 0.0308 e. The average Bonchev–Trinajstić information content (AvgIpc) is 2.28. The highest BCUT2D eigenvalue weighted by Gasteiger charge is 2.16. The third-order valence-corrected chi connectivity index (χ3v) is 4.43. The van der Waals surface area contributed by atoms with E-state index in [2.05, 4.69) is 58.8 Å². The first-order chi connectivity index (χ1) is 7.93. The molecule has 17 heavy (non-hydrogen) atoms. The van der Waals surface area contributed by atoms with Crippen LogP contribution in [0.2, 0.25) is 0 Å². The summed E-state index contributed by atoms with van der Waals surface area (Å²) in [5.74, 6) is 0. The van der Waals surface area contributed by atoms with Crippen molar-refractivity contribution >= 4 is 11.8 Å². The molecule has 1 heteroatoms. The van der Waals surface area contributed by atoms with E-state index in [9.17, 15) is 0 Å². The zero-order chi connectivity index (χ0) is 13.3. The van der Waals surface area contributed by atoms with Gasteiger partial charge in [-0.2, -0.15) is 11.8 Å². The highest BCUT2D eigenvalue weighted by Crippen LogP contribution is 2.29. The molecule has 1 unspecified atom stereocenters. The second kappa shape index (κ2) is 8.63. The molecule has 0 rings (SSSR count). The first-order valence-corrected chi connectivity index (χ1v) is 7.63. The highest BCUT2D eigenvalue weighted by molar-refractivity contribution is 8.00. The lowest BCUT2D eigenvalue weighted by Crippen LogP contribution is -2.14. The zero-order valence-electron chi connectivity index (χ0n) is 12.2. The van der Waals surface area contributed by atoms with Crippen molar-refractivity contribution in [1.29, 1.82) is 0 Å². The zero-order valence-corrected chi connectivity index (χ0v) is 13.0. The molecule has 0 aliphatic rings. The quantitative estimate of drug-likeness (QED) is 0.494. The molecule has 0 saturated heterocycles. The van der Waals surface area contributed by atoms with E-state index in [1.807, 2.05) is 11.8 Å². The first kappa shape index (κ1) is 16.6. The molecule has 0 aromatic rings. The van der Waals surface area contributed by atoms with E-state index in [1.54, 1.807) is 0 Å². The number of hydrogen-bond acceptors (Lipinski definition) is 1. The summed E-state index contributed by atoms with van der Waals surface area (Å²) in [7, 11) is 0. The smallest absolute Gasteiger partial charge is 0.0308 e. The summed E-state index contributed by atoms with van der Waals surface area (Å²) in [4.78, 5) is 0. The van der Waals surface area contributed by atoms with Gasteiger partial charge in [-0.3, -0.25) is 0 Å². The molecule has 0 spiro atoms. The van der Waals surface area contributed by atoms with Crippen LogP contribution in [-0.2, 0) is 0 Å². The fourth-order valence-electron chi connectivity index (χ4n) is 1.58. The van der Waals surface area contributed by atoms with Gasteiger partial charge in [0.25, 0.3) is 0 Å². The van der Waals surface area contributed by atoms with E-state index < -0.39 is 0 Å². The maximum atomic E-state index is 3.92. The summed E-state index contributed by atoms with van der Waals surface area (Å²) in [6.07, 6.45) is 13.6. The van der Waals surface area contributed by atoms with Crippen molar-refractivity contribution in [2.24, 2.45) is 0 Å². The van der Waals surface area contributed by atoms with Crippen LogP contribution in [-0.4, -0.2) is 11.0 Å². The van der Waals surface area contributed by atoms with Crippen LogP contribution in [0.25, 0.3) is 0 Å². The van der Waals surface area contributed by atoms with Crippen LogP contribution in [0.5, 0.6) is 0 Å². The molecule has 98 valence electrons. The van der Waals surface area contributed by atoms with Gasteiger partial charge >= 0.3 is 0 Å². The molecule has 0 aromatic carbocycles. The van der Waals surface area contributed by atoms with E-state index in [4.69, 9.17) is 0 Å². The minimum Gasteiger partial charge on any atom is -0.155 e. The van der Waals surface area contributed by atoms with Crippen molar-refractivity contribution < 1.29 is 0 Å². The third-order valence-electron chi connectivity index (χ3n) is 3.12. The van der Waals surface area contributed by atoms with E-state index in [1.165, 1.54) is 30.4 Å². The minimum absolute atomic E-state index is 0.233. The largest absolute Gasteiger partial charge is 0.155 e. The number of rotatable bonds is 8. The normalized spacial score (nSPS) is 15.2. The molecule has 0 nitrogen and oxygen atoms in total. The van der Waals surface area contributed by atoms with E-state index >= 15 is 0 Å². The summed E-state index contributed by atoms with van der Waals surface area (Å²) < 4.78 is 0.233. The Hall–Kier alpha value is -0.430. The van der Waals surface area contributed by atoms with Crippen molar-refractivity contribution in [1.82, 2.24) is 0 Å². The molecule has 0 bridgehead atoms. The van der Waals surface area contributed by atoms with Crippen LogP contribution in [0.15, 0.2) is 36.0 Å². The van der Waals surface area contributed by atoms with Gasteiger partial charge in [-0.25, -0.2) is 0 Å². The fourth-order valence-corrected chi connectivity index (χ4v) is 2.07. The Morgan fingerprint density at radius 1 is 1.18 bits per heavy atom. The monoisotopic (exact) mass is 252 g/mol. The van der Waals surface area contributed by atoms with Gasteiger partial charge in [0.2, 0.25) is 0 Å². The van der Waals surface area contributed by atoms with Crippen molar-refractivity contribution in [3.05, 3.63) is 36.0 Å². The Bertz CT molecular complexity index is 282. The summed E-state index contributed by atoms with van der Waals surface area (Å²) in [5, 5.41) is 0.